The van der Waals surface area contributed by atoms with Gasteiger partial charge in [0.05, 0.1) is 5.69 Å². The molecule has 1 aromatic heterocycles. The first kappa shape index (κ1) is 24.4. The van der Waals surface area contributed by atoms with Crippen molar-refractivity contribution in [3.05, 3.63) is 30.3 Å². The molecule has 2 aromatic rings. The van der Waals surface area contributed by atoms with Crippen LogP contribution in [0.25, 0.3) is 5.69 Å². The lowest BCUT2D eigenvalue weighted by Gasteiger charge is -2.45. The highest BCUT2D eigenvalue weighted by atomic mass is 35.5. The summed E-state index contributed by atoms with van der Waals surface area (Å²) in [6, 6.07) is 9.78. The van der Waals surface area contributed by atoms with Gasteiger partial charge in [-0.2, -0.15) is 4.68 Å². The minimum absolute atomic E-state index is 0. The second-order valence-electron chi connectivity index (χ2n) is 8.07. The average Bonchev–Trinajstić information content (AvgIpc) is 3.15. The predicted octanol–water partition coefficient (Wildman–Crippen LogP) is 2.72. The third-order valence-corrected chi connectivity index (χ3v) is 6.18. The highest BCUT2D eigenvalue weighted by Crippen LogP contribution is 2.39. The molecule has 2 saturated carbocycles. The van der Waals surface area contributed by atoms with Crippen molar-refractivity contribution in [2.45, 2.75) is 63.6 Å². The minimum atomic E-state index is -0.384. The number of rotatable bonds is 6. The van der Waals surface area contributed by atoms with Crippen LogP contribution in [0.3, 0.4) is 0 Å². The van der Waals surface area contributed by atoms with E-state index < -0.39 is 0 Å². The van der Waals surface area contributed by atoms with Crippen LogP contribution in [0.2, 0.25) is 0 Å². The molecule has 2 fully saturated rings. The van der Waals surface area contributed by atoms with E-state index in [4.69, 9.17) is 5.73 Å². The number of carbonyl (C=O) groups is 1. The summed E-state index contributed by atoms with van der Waals surface area (Å²) < 4.78 is 1.62. The van der Waals surface area contributed by atoms with Gasteiger partial charge in [0.2, 0.25) is 11.9 Å². The molecule has 4 N–H and O–H groups in total. The van der Waals surface area contributed by atoms with Crippen LogP contribution in [-0.2, 0) is 4.79 Å². The van der Waals surface area contributed by atoms with Gasteiger partial charge in [-0.3, -0.25) is 4.79 Å². The number of hydrogen-bond donors (Lipinski definition) is 3. The van der Waals surface area contributed by atoms with Crippen LogP contribution < -0.4 is 16.4 Å². The van der Waals surface area contributed by atoms with E-state index in [9.17, 15) is 4.79 Å². The fourth-order valence-corrected chi connectivity index (χ4v) is 4.82. The van der Waals surface area contributed by atoms with Crippen LogP contribution in [-0.4, -0.2) is 44.2 Å². The largest absolute Gasteiger partial charge is 0.351 e. The van der Waals surface area contributed by atoms with E-state index in [0.717, 1.165) is 31.4 Å². The third-order valence-electron chi connectivity index (χ3n) is 6.18. The Labute approximate surface area is 189 Å². The van der Waals surface area contributed by atoms with Crippen molar-refractivity contribution in [1.29, 1.82) is 0 Å². The van der Waals surface area contributed by atoms with Gasteiger partial charge < -0.3 is 16.4 Å². The molecule has 2 aliphatic carbocycles. The first-order valence-corrected chi connectivity index (χ1v) is 10.3. The molecule has 0 radical (unpaired) electrons. The average molecular weight is 456 g/mol. The number of fused-ring (bicyclic) bond motifs is 2. The van der Waals surface area contributed by atoms with Crippen LogP contribution in [0, 0.1) is 11.8 Å². The monoisotopic (exact) mass is 455 g/mol. The number of anilines is 1. The highest BCUT2D eigenvalue weighted by molar-refractivity contribution is 5.85. The molecule has 1 heterocycles. The van der Waals surface area contributed by atoms with E-state index in [-0.39, 0.29) is 48.8 Å². The van der Waals surface area contributed by atoms with E-state index in [2.05, 4.69) is 26.2 Å². The molecular formula is C20H31Cl2N7O. The number of nitrogens with two attached hydrogens (primary N) is 1. The second-order valence-corrected chi connectivity index (χ2v) is 8.07. The Morgan fingerprint density at radius 3 is 2.50 bits per heavy atom. The molecule has 30 heavy (non-hydrogen) atoms. The Hall–Kier alpha value is -1.90. The van der Waals surface area contributed by atoms with Crippen LogP contribution in [0.15, 0.2) is 30.3 Å². The van der Waals surface area contributed by atoms with E-state index in [1.165, 1.54) is 6.42 Å². The molecule has 0 spiro atoms. The van der Waals surface area contributed by atoms with E-state index in [1.807, 2.05) is 37.3 Å². The van der Waals surface area contributed by atoms with Crippen LogP contribution in [0.5, 0.6) is 0 Å². The van der Waals surface area contributed by atoms with E-state index in [1.54, 1.807) is 4.68 Å². The van der Waals surface area contributed by atoms with Gasteiger partial charge in [-0.1, -0.05) is 36.6 Å². The van der Waals surface area contributed by atoms with Crippen molar-refractivity contribution in [3.8, 4) is 5.69 Å². The SMILES string of the molecule is CCC(Nc1nnnn1-c1ccccc1)C(=O)NC1C2CCCC1CC(N)C2.Cl.Cl. The van der Waals surface area contributed by atoms with Crippen LogP contribution in [0.4, 0.5) is 5.95 Å². The van der Waals surface area contributed by atoms with Crippen molar-refractivity contribution in [1.82, 2.24) is 25.5 Å². The molecule has 166 valence electrons. The summed E-state index contributed by atoms with van der Waals surface area (Å²) in [5, 5.41) is 18.5. The van der Waals surface area contributed by atoms with Crippen LogP contribution in [0.1, 0.15) is 45.4 Å². The molecule has 3 unspecified atom stereocenters. The van der Waals surface area contributed by atoms with Gasteiger partial charge in [0.15, 0.2) is 0 Å². The summed E-state index contributed by atoms with van der Waals surface area (Å²) in [6.45, 7) is 1.99. The van der Waals surface area contributed by atoms with Crippen molar-refractivity contribution >= 4 is 36.7 Å². The predicted molar refractivity (Wildman–Crippen MR) is 121 cm³/mol. The summed E-state index contributed by atoms with van der Waals surface area (Å²) in [5.74, 6) is 1.48. The number of carbonyl (C=O) groups excluding carboxylic acids is 1. The summed E-state index contributed by atoms with van der Waals surface area (Å²) in [4.78, 5) is 13.0. The molecule has 0 saturated heterocycles. The highest BCUT2D eigenvalue weighted by Gasteiger charge is 2.40. The van der Waals surface area contributed by atoms with Gasteiger partial charge in [-0.15, -0.1) is 24.8 Å². The lowest BCUT2D eigenvalue weighted by atomic mass is 9.67. The quantitative estimate of drug-likeness (QED) is 0.617. The van der Waals surface area contributed by atoms with Gasteiger partial charge in [-0.05, 0) is 66.5 Å². The molecule has 1 aromatic carbocycles. The number of para-hydroxylation sites is 1. The minimum Gasteiger partial charge on any atom is -0.351 e. The Kier molecular flexibility index (Phi) is 8.88. The van der Waals surface area contributed by atoms with Crippen molar-refractivity contribution < 1.29 is 4.79 Å². The maximum Gasteiger partial charge on any atom is 0.248 e. The Balaban J connectivity index is 0.00000160. The van der Waals surface area contributed by atoms with Gasteiger partial charge in [-0.25, -0.2) is 0 Å². The smallest absolute Gasteiger partial charge is 0.248 e. The molecule has 8 nitrogen and oxygen atoms in total. The van der Waals surface area contributed by atoms with Gasteiger partial charge in [0, 0.05) is 12.1 Å². The zero-order chi connectivity index (χ0) is 19.5. The summed E-state index contributed by atoms with van der Waals surface area (Å²) in [6.07, 6.45) is 6.23. The number of halogens is 2. The molecule has 4 rings (SSSR count). The standard InChI is InChI=1S/C20H29N7O.2ClH/c1-2-17(22-20-24-25-26-27(20)16-9-4-3-5-10-16)19(28)23-18-13-7-6-8-14(18)12-15(21)11-13;;/h3-5,9-10,13-15,17-18H,2,6-8,11-12,21H2,1H3,(H,23,28)(H,22,24,26);2*1H. The zero-order valence-corrected chi connectivity index (χ0v) is 18.7. The fourth-order valence-electron chi connectivity index (χ4n) is 4.82. The lowest BCUT2D eigenvalue weighted by molar-refractivity contribution is -0.124. The molecule has 10 heteroatoms. The second kappa shape index (κ2) is 10.9. The van der Waals surface area contributed by atoms with Gasteiger partial charge in [0.1, 0.15) is 6.04 Å². The van der Waals surface area contributed by atoms with Crippen LogP contribution >= 0.6 is 24.8 Å². The van der Waals surface area contributed by atoms with Gasteiger partial charge in [0.25, 0.3) is 0 Å². The number of benzene rings is 1. The van der Waals surface area contributed by atoms with Crippen molar-refractivity contribution in [2.24, 2.45) is 17.6 Å². The summed E-state index contributed by atoms with van der Waals surface area (Å²) in [7, 11) is 0. The summed E-state index contributed by atoms with van der Waals surface area (Å²) in [5.41, 5.74) is 7.06. The molecular weight excluding hydrogens is 425 g/mol. The molecule has 1 amide bonds. The van der Waals surface area contributed by atoms with E-state index in [0.29, 0.717) is 24.2 Å². The third kappa shape index (κ3) is 5.22. The first-order valence-electron chi connectivity index (χ1n) is 10.3. The maximum absolute atomic E-state index is 13.0. The number of amides is 1. The topological polar surface area (TPSA) is 111 Å². The Bertz CT molecular complexity index is 789. The molecule has 2 bridgehead atoms. The van der Waals surface area contributed by atoms with Gasteiger partial charge >= 0.3 is 0 Å². The first-order chi connectivity index (χ1) is 13.7. The molecule has 2 aliphatic rings. The fraction of sp³-hybridized carbons (Fsp3) is 0.600. The van der Waals surface area contributed by atoms with E-state index >= 15 is 0 Å². The van der Waals surface area contributed by atoms with Crippen molar-refractivity contribution in [3.63, 3.8) is 0 Å². The number of aromatic nitrogens is 4. The number of nitrogens with one attached hydrogen (secondary N) is 2. The number of hydrogen-bond acceptors (Lipinski definition) is 6. The Morgan fingerprint density at radius 1 is 1.20 bits per heavy atom. The zero-order valence-electron chi connectivity index (χ0n) is 17.1. The number of nitrogens with zero attached hydrogens (tertiary/aromatic N) is 4. The number of tetrazole rings is 1. The molecule has 0 aliphatic heterocycles. The maximum atomic E-state index is 13.0. The lowest BCUT2D eigenvalue weighted by Crippen LogP contribution is -2.56. The Morgan fingerprint density at radius 2 is 1.87 bits per heavy atom. The molecule has 3 atom stereocenters. The van der Waals surface area contributed by atoms with Crippen molar-refractivity contribution in [2.75, 3.05) is 5.32 Å². The summed E-state index contributed by atoms with van der Waals surface area (Å²) >= 11 is 0. The normalized spacial score (nSPS) is 25.9.